The Morgan fingerprint density at radius 1 is 0.617 bits per heavy atom. The van der Waals surface area contributed by atoms with E-state index in [-0.39, 0.29) is 5.41 Å². The van der Waals surface area contributed by atoms with Crippen LogP contribution in [0.4, 0.5) is 26.3 Å². The second-order valence-corrected chi connectivity index (χ2v) is 14.3. The standard InChI is InChI=1S/C41H35F6/c1-38(2,3)30-20-15-27-21-33-32(31(27)22-30)23-34(39(4,5)6)37(36(33)24-9-7-8-10-24)35(25-11-16-28(17-12-25)40(42,43)44)26-13-18-29(19-14-26)41(45,46)47/h7-9,11-20,22-23H,10H2,1-6H3. The summed E-state index contributed by atoms with van der Waals surface area (Å²) in [4.78, 5) is 0. The molecule has 241 valence electrons. The lowest BCUT2D eigenvalue weighted by molar-refractivity contribution is -0.138. The van der Waals surface area contributed by atoms with Crippen LogP contribution >= 0.6 is 0 Å². The van der Waals surface area contributed by atoms with Gasteiger partial charge in [0.15, 0.2) is 0 Å². The molecule has 6 heteroatoms. The molecule has 0 saturated carbocycles. The van der Waals surface area contributed by atoms with E-state index in [1.807, 2.05) is 18.2 Å². The molecule has 0 heterocycles. The number of rotatable bonds is 3. The maximum absolute atomic E-state index is 13.7. The lowest BCUT2D eigenvalue weighted by Gasteiger charge is -2.26. The third-order valence-electron chi connectivity index (χ3n) is 8.91. The van der Waals surface area contributed by atoms with Crippen LogP contribution in [0.5, 0.6) is 0 Å². The normalized spacial score (nSPS) is 14.5. The van der Waals surface area contributed by atoms with Gasteiger partial charge in [-0.1, -0.05) is 96.2 Å². The third kappa shape index (κ3) is 6.10. The van der Waals surface area contributed by atoms with Gasteiger partial charge < -0.3 is 0 Å². The van der Waals surface area contributed by atoms with Gasteiger partial charge in [0.25, 0.3) is 0 Å². The highest BCUT2D eigenvalue weighted by atomic mass is 19.4. The van der Waals surface area contributed by atoms with Crippen LogP contribution in [-0.4, -0.2) is 0 Å². The van der Waals surface area contributed by atoms with Crippen LogP contribution in [0.1, 0.15) is 92.5 Å². The highest BCUT2D eigenvalue weighted by Crippen LogP contribution is 2.37. The highest BCUT2D eigenvalue weighted by molar-refractivity contribution is 5.88. The fraction of sp³-hybridized carbons (Fsp3) is 0.268. The van der Waals surface area contributed by atoms with Crippen LogP contribution in [-0.2, 0) is 23.2 Å². The van der Waals surface area contributed by atoms with Crippen molar-refractivity contribution < 1.29 is 26.3 Å². The lowest BCUT2D eigenvalue weighted by Crippen LogP contribution is -2.29. The van der Waals surface area contributed by atoms with Crippen molar-refractivity contribution in [1.82, 2.24) is 0 Å². The zero-order valence-corrected chi connectivity index (χ0v) is 27.1. The van der Waals surface area contributed by atoms with Gasteiger partial charge in [-0.15, -0.1) is 0 Å². The molecule has 0 nitrogen and oxygen atoms in total. The first-order valence-corrected chi connectivity index (χ1v) is 15.6. The maximum Gasteiger partial charge on any atom is 0.416 e. The molecule has 47 heavy (non-hydrogen) atoms. The summed E-state index contributed by atoms with van der Waals surface area (Å²) in [5.41, 5.74) is 4.26. The van der Waals surface area contributed by atoms with Crippen LogP contribution in [0.25, 0.3) is 17.2 Å². The van der Waals surface area contributed by atoms with Gasteiger partial charge in [-0.2, -0.15) is 26.3 Å². The minimum atomic E-state index is -4.54. The van der Waals surface area contributed by atoms with E-state index < -0.39 is 28.9 Å². The van der Waals surface area contributed by atoms with Gasteiger partial charge in [-0.05, 0) is 125 Å². The number of hydrogen-bond acceptors (Lipinski definition) is 0. The lowest BCUT2D eigenvalue weighted by atomic mass is 9.78. The van der Waals surface area contributed by atoms with Gasteiger partial charge in [-0.25, -0.2) is 0 Å². The molecule has 4 aromatic rings. The van der Waals surface area contributed by atoms with E-state index in [0.29, 0.717) is 23.1 Å². The van der Waals surface area contributed by atoms with Crippen LogP contribution in [0.15, 0.2) is 91.0 Å². The van der Waals surface area contributed by atoms with Crippen molar-refractivity contribution in [3.05, 3.63) is 156 Å². The first kappa shape index (κ1) is 32.6. The number of benzene rings is 4. The summed E-state index contributed by atoms with van der Waals surface area (Å²) >= 11 is 0. The van der Waals surface area contributed by atoms with Crippen molar-refractivity contribution in [3.63, 3.8) is 0 Å². The van der Waals surface area contributed by atoms with E-state index in [4.69, 9.17) is 0 Å². The van der Waals surface area contributed by atoms with Gasteiger partial charge in [-0.3, -0.25) is 0 Å². The molecule has 2 aliphatic carbocycles. The highest BCUT2D eigenvalue weighted by Gasteiger charge is 2.32. The Kier molecular flexibility index (Phi) is 7.73. The smallest absolute Gasteiger partial charge is 0.166 e. The van der Waals surface area contributed by atoms with E-state index >= 15 is 0 Å². The van der Waals surface area contributed by atoms with Gasteiger partial charge in [0, 0.05) is 0 Å². The summed E-state index contributed by atoms with van der Waals surface area (Å²) < 4.78 is 81.9. The molecule has 2 aliphatic rings. The number of fused-ring (bicyclic) bond motifs is 2. The molecule has 0 saturated heterocycles. The second kappa shape index (κ2) is 11.1. The van der Waals surface area contributed by atoms with Crippen molar-refractivity contribution in [1.29, 1.82) is 0 Å². The monoisotopic (exact) mass is 641 g/mol. The molecule has 0 N–H and O–H groups in total. The number of alkyl halides is 6. The fourth-order valence-corrected chi connectivity index (χ4v) is 6.41. The Hall–Kier alpha value is -4.32. The minimum absolute atomic E-state index is 0.0859. The van der Waals surface area contributed by atoms with Gasteiger partial charge in [0.05, 0.1) is 11.1 Å². The minimum Gasteiger partial charge on any atom is -0.166 e. The topological polar surface area (TPSA) is 0 Å². The summed E-state index contributed by atoms with van der Waals surface area (Å²) in [7, 11) is 0. The zero-order valence-electron chi connectivity index (χ0n) is 27.1. The molecule has 0 spiro atoms. The molecule has 0 unspecified atom stereocenters. The average molecular weight is 642 g/mol. The molecule has 0 amide bonds. The predicted molar refractivity (Wildman–Crippen MR) is 176 cm³/mol. The van der Waals surface area contributed by atoms with Crippen molar-refractivity contribution in [2.24, 2.45) is 0 Å². The van der Waals surface area contributed by atoms with Gasteiger partial charge in [0.1, 0.15) is 0 Å². The quantitative estimate of drug-likeness (QED) is 0.172. The van der Waals surface area contributed by atoms with Crippen molar-refractivity contribution in [2.45, 2.75) is 71.1 Å². The largest absolute Gasteiger partial charge is 0.416 e. The van der Waals surface area contributed by atoms with E-state index in [1.54, 1.807) is 0 Å². The summed E-state index contributed by atoms with van der Waals surface area (Å²) in [5, 5.41) is 3.80. The first-order chi connectivity index (χ1) is 21.8. The average Bonchev–Trinajstić information content (AvgIpc) is 3.63. The van der Waals surface area contributed by atoms with Crippen molar-refractivity contribution in [2.75, 3.05) is 0 Å². The Morgan fingerprint density at radius 3 is 1.60 bits per heavy atom. The van der Waals surface area contributed by atoms with E-state index in [0.717, 1.165) is 67.4 Å². The molecule has 0 aromatic heterocycles. The van der Waals surface area contributed by atoms with Crippen LogP contribution in [0.2, 0.25) is 0 Å². The molecule has 6 rings (SSSR count). The van der Waals surface area contributed by atoms with Crippen molar-refractivity contribution in [3.8, 4) is 0 Å². The van der Waals surface area contributed by atoms with E-state index in [1.165, 1.54) is 29.8 Å². The molecule has 1 radical (unpaired) electrons. The zero-order chi connectivity index (χ0) is 34.1. The second-order valence-electron chi connectivity index (χ2n) is 14.3. The number of halogens is 6. The molecular formula is C41H35F6. The molecule has 4 aromatic carbocycles. The number of allylic oxidation sites excluding steroid dienone is 4. The Balaban J connectivity index is 1.84. The molecular weight excluding hydrogens is 606 g/mol. The van der Waals surface area contributed by atoms with E-state index in [2.05, 4.69) is 71.9 Å². The van der Waals surface area contributed by atoms with Gasteiger partial charge >= 0.3 is 12.4 Å². The summed E-state index contributed by atoms with van der Waals surface area (Å²) in [6.07, 6.45) is 1.27. The van der Waals surface area contributed by atoms with Gasteiger partial charge in [0.2, 0.25) is 0 Å². The third-order valence-corrected chi connectivity index (χ3v) is 8.91. The summed E-state index contributed by atoms with van der Waals surface area (Å²) in [6, 6.07) is 18.3. The SMILES string of the molecule is CC(C)(C)c1ccc2c(c1)=c1cc(C(C)(C)C)c(=C(c3ccc(C(F)(F)F)cc3)c3ccc(C(F)(F)F)cc3)c(C3=CC=CC3)c1[C]=2. The maximum atomic E-state index is 13.7. The molecule has 0 bridgehead atoms. The predicted octanol–water partition coefficient (Wildman–Crippen LogP) is 10.2. The van der Waals surface area contributed by atoms with Crippen molar-refractivity contribution >= 4 is 17.2 Å². The summed E-state index contributed by atoms with van der Waals surface area (Å²) in [5.74, 6) is 0. The summed E-state index contributed by atoms with van der Waals surface area (Å²) in [6.45, 7) is 12.7. The van der Waals surface area contributed by atoms with E-state index in [9.17, 15) is 26.3 Å². The van der Waals surface area contributed by atoms with Crippen LogP contribution in [0.3, 0.4) is 0 Å². The molecule has 0 atom stereocenters. The number of hydrogen-bond donors (Lipinski definition) is 0. The molecule has 0 fully saturated rings. The van der Waals surface area contributed by atoms with Crippen LogP contribution in [0, 0.1) is 10.4 Å². The first-order valence-electron chi connectivity index (χ1n) is 15.6. The molecule has 0 aliphatic heterocycles. The van der Waals surface area contributed by atoms with Crippen LogP contribution < -0.4 is 10.4 Å². The Labute approximate surface area is 270 Å². The Morgan fingerprint density at radius 2 is 1.15 bits per heavy atom. The Bertz CT molecular complexity index is 2100. The fourth-order valence-electron chi connectivity index (χ4n) is 6.41.